The monoisotopic (exact) mass is 221 g/mol. The molecule has 0 fully saturated rings. The summed E-state index contributed by atoms with van der Waals surface area (Å²) in [5.74, 6) is 0.752. The number of anilines is 1. The average molecular weight is 221 g/mol. The summed E-state index contributed by atoms with van der Waals surface area (Å²) < 4.78 is 0. The number of hydrogen-bond donors (Lipinski definition) is 1. The summed E-state index contributed by atoms with van der Waals surface area (Å²) in [4.78, 5) is 2.31. The number of likely N-dealkylation sites (N-methyl/N-ethyl adjacent to an activating group) is 1. The molecule has 1 nitrogen and oxygen atoms in total. The molecule has 0 aromatic heterocycles. The Bertz CT molecular complexity index is 333. The van der Waals surface area contributed by atoms with E-state index in [4.69, 9.17) is 0 Å². The molecule has 0 aliphatic rings. The van der Waals surface area contributed by atoms with Gasteiger partial charge in [-0.3, -0.25) is 0 Å². The summed E-state index contributed by atoms with van der Waals surface area (Å²) >= 11 is 4.24. The molecule has 15 heavy (non-hydrogen) atoms. The molecule has 0 saturated heterocycles. The van der Waals surface area contributed by atoms with Crippen molar-refractivity contribution < 1.29 is 0 Å². The van der Waals surface area contributed by atoms with Crippen LogP contribution in [0.3, 0.4) is 0 Å². The predicted molar refractivity (Wildman–Crippen MR) is 72.1 cm³/mol. The molecule has 0 bridgehead atoms. The number of hydrogen-bond acceptors (Lipinski definition) is 2. The summed E-state index contributed by atoms with van der Waals surface area (Å²) in [5.41, 5.74) is 3.71. The number of thiol groups is 1. The van der Waals surface area contributed by atoms with Crippen molar-refractivity contribution in [1.29, 1.82) is 0 Å². The van der Waals surface area contributed by atoms with Crippen LogP contribution in [0.4, 0.5) is 5.69 Å². The van der Waals surface area contributed by atoms with Crippen molar-refractivity contribution >= 4 is 18.3 Å². The molecule has 1 rings (SSSR count). The first-order valence-corrected chi connectivity index (χ1v) is 5.89. The van der Waals surface area contributed by atoms with Crippen LogP contribution in [-0.2, 0) is 0 Å². The standard InChI is InChI=1S/C13H19NS/c1-4-14(9-12(3)10-15)13-7-5-6-11(2)8-13/h5-8,15H,3-4,9-10H2,1-2H3. The molecule has 0 aliphatic carbocycles. The van der Waals surface area contributed by atoms with Crippen molar-refractivity contribution in [2.45, 2.75) is 13.8 Å². The Morgan fingerprint density at radius 2 is 2.20 bits per heavy atom. The van der Waals surface area contributed by atoms with Gasteiger partial charge in [-0.15, -0.1) is 0 Å². The van der Waals surface area contributed by atoms with E-state index >= 15 is 0 Å². The lowest BCUT2D eigenvalue weighted by atomic mass is 10.2. The first kappa shape index (κ1) is 12.2. The zero-order valence-electron chi connectivity index (χ0n) is 9.53. The van der Waals surface area contributed by atoms with E-state index in [0.717, 1.165) is 24.4 Å². The van der Waals surface area contributed by atoms with Crippen molar-refractivity contribution in [3.8, 4) is 0 Å². The van der Waals surface area contributed by atoms with Crippen LogP contribution in [0.25, 0.3) is 0 Å². The topological polar surface area (TPSA) is 3.24 Å². The molecule has 0 unspecified atom stereocenters. The fourth-order valence-corrected chi connectivity index (χ4v) is 1.63. The molecular weight excluding hydrogens is 202 g/mol. The van der Waals surface area contributed by atoms with E-state index in [1.54, 1.807) is 0 Å². The van der Waals surface area contributed by atoms with E-state index in [9.17, 15) is 0 Å². The fraction of sp³-hybridized carbons (Fsp3) is 0.385. The van der Waals surface area contributed by atoms with Gasteiger partial charge in [0.1, 0.15) is 0 Å². The number of rotatable bonds is 5. The van der Waals surface area contributed by atoms with Gasteiger partial charge in [-0.2, -0.15) is 12.6 Å². The molecule has 1 aromatic carbocycles. The van der Waals surface area contributed by atoms with Gasteiger partial charge in [-0.05, 0) is 37.1 Å². The number of nitrogens with zero attached hydrogens (tertiary/aromatic N) is 1. The summed E-state index contributed by atoms with van der Waals surface area (Å²) in [6.45, 7) is 10.2. The fourth-order valence-electron chi connectivity index (χ4n) is 1.53. The third kappa shape index (κ3) is 3.63. The Balaban J connectivity index is 2.78. The highest BCUT2D eigenvalue weighted by Gasteiger charge is 2.04. The number of benzene rings is 1. The average Bonchev–Trinajstić information content (AvgIpc) is 2.25. The van der Waals surface area contributed by atoms with E-state index in [0.29, 0.717) is 0 Å². The van der Waals surface area contributed by atoms with Crippen LogP contribution in [0, 0.1) is 6.92 Å². The first-order valence-electron chi connectivity index (χ1n) is 5.26. The van der Waals surface area contributed by atoms with E-state index < -0.39 is 0 Å². The Morgan fingerprint density at radius 1 is 1.47 bits per heavy atom. The van der Waals surface area contributed by atoms with Gasteiger partial charge >= 0.3 is 0 Å². The molecule has 2 heteroatoms. The van der Waals surface area contributed by atoms with E-state index in [1.807, 2.05) is 0 Å². The van der Waals surface area contributed by atoms with E-state index in [2.05, 4.69) is 62.2 Å². The lowest BCUT2D eigenvalue weighted by molar-refractivity contribution is 0.882. The zero-order valence-corrected chi connectivity index (χ0v) is 10.4. The predicted octanol–water partition coefficient (Wildman–Crippen LogP) is 3.31. The summed E-state index contributed by atoms with van der Waals surface area (Å²) in [5, 5.41) is 0. The van der Waals surface area contributed by atoms with Crippen LogP contribution in [0.15, 0.2) is 36.4 Å². The molecule has 0 spiro atoms. The number of aryl methyl sites for hydroxylation is 1. The van der Waals surface area contributed by atoms with Crippen LogP contribution >= 0.6 is 12.6 Å². The smallest absolute Gasteiger partial charge is 0.0394 e. The highest BCUT2D eigenvalue weighted by Crippen LogP contribution is 2.16. The minimum absolute atomic E-state index is 0.752. The third-order valence-corrected chi connectivity index (χ3v) is 2.83. The Kier molecular flexibility index (Phi) is 4.76. The SMILES string of the molecule is C=C(CS)CN(CC)c1cccc(C)c1. The van der Waals surface area contributed by atoms with Crippen molar-refractivity contribution in [3.05, 3.63) is 42.0 Å². The normalized spacial score (nSPS) is 10.1. The third-order valence-electron chi connectivity index (χ3n) is 2.39. The molecule has 0 aliphatic heterocycles. The highest BCUT2D eigenvalue weighted by atomic mass is 32.1. The Morgan fingerprint density at radius 3 is 2.73 bits per heavy atom. The lowest BCUT2D eigenvalue weighted by Gasteiger charge is -2.24. The molecule has 0 N–H and O–H groups in total. The van der Waals surface area contributed by atoms with Crippen LogP contribution in [-0.4, -0.2) is 18.8 Å². The van der Waals surface area contributed by atoms with Gasteiger partial charge in [0.15, 0.2) is 0 Å². The molecule has 0 saturated carbocycles. The molecular formula is C13H19NS. The van der Waals surface area contributed by atoms with Gasteiger partial charge in [0.25, 0.3) is 0 Å². The quantitative estimate of drug-likeness (QED) is 0.590. The van der Waals surface area contributed by atoms with Gasteiger partial charge < -0.3 is 4.90 Å². The molecule has 0 heterocycles. The van der Waals surface area contributed by atoms with Gasteiger partial charge in [-0.25, -0.2) is 0 Å². The van der Waals surface area contributed by atoms with Crippen molar-refractivity contribution in [1.82, 2.24) is 0 Å². The Labute approximate surface area is 98.2 Å². The molecule has 0 radical (unpaired) electrons. The van der Waals surface area contributed by atoms with Crippen molar-refractivity contribution in [2.24, 2.45) is 0 Å². The lowest BCUT2D eigenvalue weighted by Crippen LogP contribution is -2.25. The zero-order chi connectivity index (χ0) is 11.3. The summed E-state index contributed by atoms with van der Waals surface area (Å²) in [6.07, 6.45) is 0. The second-order valence-corrected chi connectivity index (χ2v) is 4.08. The van der Waals surface area contributed by atoms with Crippen LogP contribution in [0.1, 0.15) is 12.5 Å². The maximum absolute atomic E-state index is 4.24. The second kappa shape index (κ2) is 5.86. The summed E-state index contributed by atoms with van der Waals surface area (Å²) in [6, 6.07) is 8.55. The summed E-state index contributed by atoms with van der Waals surface area (Å²) in [7, 11) is 0. The minimum atomic E-state index is 0.752. The van der Waals surface area contributed by atoms with Crippen molar-refractivity contribution in [3.63, 3.8) is 0 Å². The first-order chi connectivity index (χ1) is 7.17. The largest absolute Gasteiger partial charge is 0.368 e. The highest BCUT2D eigenvalue weighted by molar-refractivity contribution is 7.80. The van der Waals surface area contributed by atoms with Crippen LogP contribution < -0.4 is 4.90 Å². The van der Waals surface area contributed by atoms with Gasteiger partial charge in [0.05, 0.1) is 0 Å². The van der Waals surface area contributed by atoms with Gasteiger partial charge in [0.2, 0.25) is 0 Å². The van der Waals surface area contributed by atoms with Crippen LogP contribution in [0.2, 0.25) is 0 Å². The van der Waals surface area contributed by atoms with Crippen LogP contribution in [0.5, 0.6) is 0 Å². The maximum atomic E-state index is 4.24. The van der Waals surface area contributed by atoms with Gasteiger partial charge in [-0.1, -0.05) is 18.7 Å². The van der Waals surface area contributed by atoms with E-state index in [1.165, 1.54) is 11.3 Å². The second-order valence-electron chi connectivity index (χ2n) is 3.76. The minimum Gasteiger partial charge on any atom is -0.368 e. The molecule has 0 atom stereocenters. The molecule has 0 amide bonds. The molecule has 1 aromatic rings. The van der Waals surface area contributed by atoms with E-state index in [-0.39, 0.29) is 0 Å². The van der Waals surface area contributed by atoms with Gasteiger partial charge in [0, 0.05) is 24.5 Å². The molecule has 82 valence electrons. The Hall–Kier alpha value is -0.890. The van der Waals surface area contributed by atoms with Crippen molar-refractivity contribution in [2.75, 3.05) is 23.7 Å². The maximum Gasteiger partial charge on any atom is 0.0394 e.